The number of benzene rings is 1. The van der Waals surface area contributed by atoms with E-state index in [4.69, 9.17) is 16.3 Å². The molecule has 0 saturated carbocycles. The molecule has 2 rings (SSSR count). The van der Waals surface area contributed by atoms with Crippen LogP contribution in [0.3, 0.4) is 0 Å². The van der Waals surface area contributed by atoms with E-state index >= 15 is 0 Å². The first-order valence-corrected chi connectivity index (χ1v) is 6.87. The Morgan fingerprint density at radius 3 is 2.44 bits per heavy atom. The van der Waals surface area contributed by atoms with E-state index in [1.165, 1.54) is 11.8 Å². The Balaban J connectivity index is 2.12. The molecule has 0 aromatic heterocycles. The fraction of sp³-hybridized carbons (Fsp3) is 0.500. The van der Waals surface area contributed by atoms with E-state index in [0.717, 1.165) is 4.90 Å². The van der Waals surface area contributed by atoms with Crippen molar-refractivity contribution in [1.82, 2.24) is 0 Å². The molecule has 1 saturated heterocycles. The summed E-state index contributed by atoms with van der Waals surface area (Å²) in [7, 11) is 0. The number of halogens is 1. The van der Waals surface area contributed by atoms with Crippen molar-refractivity contribution < 1.29 is 20.1 Å². The molecule has 1 aliphatic rings. The maximum Gasteiger partial charge on any atom is 0.136 e. The fourth-order valence-corrected chi connectivity index (χ4v) is 3.16. The van der Waals surface area contributed by atoms with Crippen LogP contribution in [0.2, 0.25) is 5.02 Å². The number of aliphatic hydroxyl groups is 3. The SMILES string of the molecule is C[C@H]1OC(Sc2ccccc2Cl)[C@H](O)[C@@H](O)[C@H]1O. The van der Waals surface area contributed by atoms with Crippen LogP contribution in [-0.2, 0) is 4.74 Å². The monoisotopic (exact) mass is 290 g/mol. The van der Waals surface area contributed by atoms with E-state index in [-0.39, 0.29) is 0 Å². The summed E-state index contributed by atoms with van der Waals surface area (Å²) in [6.07, 6.45) is -3.99. The van der Waals surface area contributed by atoms with Crippen molar-refractivity contribution in [3.63, 3.8) is 0 Å². The van der Waals surface area contributed by atoms with E-state index in [0.29, 0.717) is 5.02 Å². The van der Waals surface area contributed by atoms with Gasteiger partial charge in [0.25, 0.3) is 0 Å². The summed E-state index contributed by atoms with van der Waals surface area (Å²) in [5.41, 5.74) is -0.654. The van der Waals surface area contributed by atoms with Gasteiger partial charge in [0.1, 0.15) is 23.7 Å². The van der Waals surface area contributed by atoms with Gasteiger partial charge in [-0.15, -0.1) is 0 Å². The molecule has 1 unspecified atom stereocenters. The molecule has 18 heavy (non-hydrogen) atoms. The van der Waals surface area contributed by atoms with Gasteiger partial charge in [-0.3, -0.25) is 0 Å². The summed E-state index contributed by atoms with van der Waals surface area (Å²) in [6, 6.07) is 7.20. The summed E-state index contributed by atoms with van der Waals surface area (Å²) in [5, 5.41) is 29.7. The number of ether oxygens (including phenoxy) is 1. The lowest BCUT2D eigenvalue weighted by Crippen LogP contribution is -2.55. The lowest BCUT2D eigenvalue weighted by Gasteiger charge is -2.39. The average Bonchev–Trinajstić information content (AvgIpc) is 2.36. The lowest BCUT2D eigenvalue weighted by molar-refractivity contribution is -0.192. The van der Waals surface area contributed by atoms with Crippen molar-refractivity contribution in [2.75, 3.05) is 0 Å². The van der Waals surface area contributed by atoms with Gasteiger partial charge < -0.3 is 20.1 Å². The molecule has 1 aliphatic heterocycles. The number of hydrogen-bond donors (Lipinski definition) is 3. The first-order chi connectivity index (χ1) is 8.50. The molecule has 0 bridgehead atoms. The molecule has 0 aliphatic carbocycles. The molecule has 6 heteroatoms. The zero-order chi connectivity index (χ0) is 13.3. The van der Waals surface area contributed by atoms with Crippen molar-refractivity contribution in [3.05, 3.63) is 29.3 Å². The van der Waals surface area contributed by atoms with E-state index in [2.05, 4.69) is 0 Å². The zero-order valence-corrected chi connectivity index (χ0v) is 11.3. The Bertz CT molecular complexity index is 417. The molecular formula is C12H15ClO4S. The van der Waals surface area contributed by atoms with Crippen LogP contribution in [-0.4, -0.2) is 45.2 Å². The van der Waals surface area contributed by atoms with Crippen molar-refractivity contribution in [3.8, 4) is 0 Å². The second-order valence-electron chi connectivity index (χ2n) is 4.23. The molecule has 1 aromatic carbocycles. The largest absolute Gasteiger partial charge is 0.388 e. The minimum absolute atomic E-state index is 0.539. The van der Waals surface area contributed by atoms with Crippen LogP contribution in [0, 0.1) is 0 Å². The van der Waals surface area contributed by atoms with E-state index in [9.17, 15) is 15.3 Å². The molecule has 0 radical (unpaired) electrons. The smallest absolute Gasteiger partial charge is 0.136 e. The molecular weight excluding hydrogens is 276 g/mol. The second kappa shape index (κ2) is 5.77. The first-order valence-electron chi connectivity index (χ1n) is 5.61. The van der Waals surface area contributed by atoms with E-state index in [1.807, 2.05) is 18.2 Å². The highest BCUT2D eigenvalue weighted by Gasteiger charge is 2.42. The third-order valence-electron chi connectivity index (χ3n) is 2.89. The summed E-state index contributed by atoms with van der Waals surface area (Å²) in [4.78, 5) is 0.763. The maximum absolute atomic E-state index is 9.88. The highest BCUT2D eigenvalue weighted by molar-refractivity contribution is 8.00. The van der Waals surface area contributed by atoms with Crippen molar-refractivity contribution >= 4 is 23.4 Å². The van der Waals surface area contributed by atoms with Gasteiger partial charge in [-0.1, -0.05) is 35.5 Å². The first kappa shape index (κ1) is 14.1. The molecule has 5 atom stereocenters. The average molecular weight is 291 g/mol. The van der Waals surface area contributed by atoms with Gasteiger partial charge in [-0.25, -0.2) is 0 Å². The normalized spacial score (nSPS) is 36.6. The highest BCUT2D eigenvalue weighted by Crippen LogP contribution is 2.36. The summed E-state index contributed by atoms with van der Waals surface area (Å²) >= 11 is 7.26. The number of aliphatic hydroxyl groups excluding tert-OH is 3. The fourth-order valence-electron chi connectivity index (χ4n) is 1.78. The zero-order valence-electron chi connectivity index (χ0n) is 9.73. The van der Waals surface area contributed by atoms with Gasteiger partial charge in [0.05, 0.1) is 11.1 Å². The minimum atomic E-state index is -1.21. The predicted octanol–water partition coefficient (Wildman–Crippen LogP) is 1.26. The number of hydrogen-bond acceptors (Lipinski definition) is 5. The molecule has 4 nitrogen and oxygen atoms in total. The Morgan fingerprint density at radius 1 is 1.11 bits per heavy atom. The Morgan fingerprint density at radius 2 is 1.78 bits per heavy atom. The standard InChI is InChI=1S/C12H15ClO4S/c1-6-9(14)10(15)11(16)12(17-6)18-8-5-3-2-4-7(8)13/h2-6,9-12,14-16H,1H3/t6-,9+,10+,11-,12?/m1/s1. The van der Waals surface area contributed by atoms with Gasteiger partial charge >= 0.3 is 0 Å². The Hall–Kier alpha value is -0.300. The third-order valence-corrected chi connectivity index (χ3v) is 4.56. The van der Waals surface area contributed by atoms with Gasteiger partial charge in [0.15, 0.2) is 0 Å². The van der Waals surface area contributed by atoms with Crippen LogP contribution in [0.25, 0.3) is 0 Å². The maximum atomic E-state index is 9.88. The third kappa shape index (κ3) is 2.82. The molecule has 1 heterocycles. The minimum Gasteiger partial charge on any atom is -0.388 e. The van der Waals surface area contributed by atoms with Crippen LogP contribution in [0.1, 0.15) is 6.92 Å². The number of thioether (sulfide) groups is 1. The molecule has 100 valence electrons. The summed E-state index contributed by atoms with van der Waals surface area (Å²) in [6.45, 7) is 1.65. The summed E-state index contributed by atoms with van der Waals surface area (Å²) < 4.78 is 5.48. The van der Waals surface area contributed by atoms with Gasteiger partial charge in [0.2, 0.25) is 0 Å². The van der Waals surface area contributed by atoms with Crippen LogP contribution < -0.4 is 0 Å². The van der Waals surface area contributed by atoms with Crippen molar-refractivity contribution in [2.24, 2.45) is 0 Å². The second-order valence-corrected chi connectivity index (χ2v) is 5.78. The van der Waals surface area contributed by atoms with Crippen molar-refractivity contribution in [1.29, 1.82) is 0 Å². The van der Waals surface area contributed by atoms with Gasteiger partial charge in [-0.2, -0.15) is 0 Å². The molecule has 1 fully saturated rings. The topological polar surface area (TPSA) is 69.9 Å². The van der Waals surface area contributed by atoms with Gasteiger partial charge in [0, 0.05) is 4.90 Å². The van der Waals surface area contributed by atoms with E-state index < -0.39 is 29.9 Å². The summed E-state index contributed by atoms with van der Waals surface area (Å²) in [5.74, 6) is 0. The predicted molar refractivity (Wildman–Crippen MR) is 69.7 cm³/mol. The number of rotatable bonds is 2. The molecule has 0 amide bonds. The van der Waals surface area contributed by atoms with Crippen LogP contribution in [0.15, 0.2) is 29.2 Å². The van der Waals surface area contributed by atoms with Crippen LogP contribution >= 0.6 is 23.4 Å². The van der Waals surface area contributed by atoms with Crippen LogP contribution in [0.5, 0.6) is 0 Å². The molecule has 0 spiro atoms. The lowest BCUT2D eigenvalue weighted by atomic mass is 10.0. The van der Waals surface area contributed by atoms with E-state index in [1.54, 1.807) is 13.0 Å². The van der Waals surface area contributed by atoms with Crippen molar-refractivity contribution in [2.45, 2.75) is 41.7 Å². The Labute approximate surface area is 115 Å². The highest BCUT2D eigenvalue weighted by atomic mass is 35.5. The van der Waals surface area contributed by atoms with Gasteiger partial charge in [-0.05, 0) is 19.1 Å². The quantitative estimate of drug-likeness (QED) is 0.765. The molecule has 1 aromatic rings. The van der Waals surface area contributed by atoms with Crippen LogP contribution in [0.4, 0.5) is 0 Å². The molecule has 3 N–H and O–H groups in total. The Kier molecular flexibility index (Phi) is 4.53.